The third-order valence-corrected chi connectivity index (χ3v) is 4.09. The zero-order valence-electron chi connectivity index (χ0n) is 15.7. The average Bonchev–Trinajstić information content (AvgIpc) is 3.07. The first-order valence-corrected chi connectivity index (χ1v) is 9.12. The number of benzene rings is 1. The fourth-order valence-electron chi connectivity index (χ4n) is 2.49. The summed E-state index contributed by atoms with van der Waals surface area (Å²) in [6.45, 7) is 10.9. The van der Waals surface area contributed by atoms with E-state index in [0.717, 1.165) is 48.4 Å². The number of halogens is 1. The largest absolute Gasteiger partial charge is 0.354 e. The second-order valence-corrected chi connectivity index (χ2v) is 6.74. The van der Waals surface area contributed by atoms with E-state index in [1.807, 2.05) is 38.2 Å². The van der Waals surface area contributed by atoms with Crippen molar-refractivity contribution in [3.05, 3.63) is 59.2 Å². The number of aromatic nitrogens is 3. The first kappa shape index (κ1) is 20.0. The van der Waals surface area contributed by atoms with E-state index in [9.17, 15) is 0 Å². The van der Waals surface area contributed by atoms with Crippen LogP contribution in [0.15, 0.2) is 47.7 Å². The van der Waals surface area contributed by atoms with Crippen molar-refractivity contribution in [2.75, 3.05) is 20.1 Å². The molecule has 0 atom stereocenters. The van der Waals surface area contributed by atoms with Gasteiger partial charge in [0.25, 0.3) is 0 Å². The smallest absolute Gasteiger partial charge is 0.194 e. The molecule has 1 aromatic heterocycles. The molecule has 0 radical (unpaired) electrons. The number of rotatable bonds is 8. The second kappa shape index (κ2) is 9.97. The fraction of sp³-hybridized carbons (Fsp3) is 0.421. The predicted molar refractivity (Wildman–Crippen MR) is 107 cm³/mol. The quantitative estimate of drug-likeness (QED) is 0.438. The molecule has 0 aliphatic heterocycles. The number of hydrogen-bond donors (Lipinski definition) is 1. The van der Waals surface area contributed by atoms with Gasteiger partial charge in [-0.25, -0.2) is 4.99 Å². The molecule has 0 aliphatic carbocycles. The topological polar surface area (TPSA) is 58.3 Å². The Kier molecular flexibility index (Phi) is 7.66. The lowest BCUT2D eigenvalue weighted by Crippen LogP contribution is -2.40. The Morgan fingerprint density at radius 2 is 2.08 bits per heavy atom. The summed E-state index contributed by atoms with van der Waals surface area (Å²) >= 11 is 5.97. The molecular weight excluding hydrogens is 348 g/mol. The zero-order valence-corrected chi connectivity index (χ0v) is 16.5. The average molecular weight is 375 g/mol. The van der Waals surface area contributed by atoms with Gasteiger partial charge < -0.3 is 14.8 Å². The Morgan fingerprint density at radius 3 is 2.73 bits per heavy atom. The maximum atomic E-state index is 5.97. The van der Waals surface area contributed by atoms with Gasteiger partial charge in [-0.2, -0.15) is 0 Å². The molecular formula is C19H27ClN6. The minimum Gasteiger partial charge on any atom is -0.354 e. The van der Waals surface area contributed by atoms with Crippen LogP contribution in [-0.4, -0.2) is 45.8 Å². The molecule has 0 saturated carbocycles. The summed E-state index contributed by atoms with van der Waals surface area (Å²) in [6, 6.07) is 7.86. The van der Waals surface area contributed by atoms with Crippen molar-refractivity contribution in [1.82, 2.24) is 25.0 Å². The summed E-state index contributed by atoms with van der Waals surface area (Å²) in [5, 5.41) is 12.3. The highest BCUT2D eigenvalue weighted by Crippen LogP contribution is 2.11. The van der Waals surface area contributed by atoms with Gasteiger partial charge in [-0.3, -0.25) is 0 Å². The van der Waals surface area contributed by atoms with E-state index in [2.05, 4.69) is 43.5 Å². The van der Waals surface area contributed by atoms with Crippen molar-refractivity contribution >= 4 is 17.6 Å². The van der Waals surface area contributed by atoms with Crippen LogP contribution in [0.1, 0.15) is 25.2 Å². The minimum absolute atomic E-state index is 0.597. The molecule has 0 fully saturated rings. The Hall–Kier alpha value is -2.34. The highest BCUT2D eigenvalue weighted by Gasteiger charge is 2.08. The third kappa shape index (κ3) is 6.19. The summed E-state index contributed by atoms with van der Waals surface area (Å²) in [7, 11) is 2.02. The van der Waals surface area contributed by atoms with E-state index < -0.39 is 0 Å². The third-order valence-electron chi connectivity index (χ3n) is 3.84. The molecule has 140 valence electrons. The molecule has 0 bridgehead atoms. The van der Waals surface area contributed by atoms with Crippen LogP contribution in [0.5, 0.6) is 0 Å². The maximum Gasteiger partial charge on any atom is 0.194 e. The van der Waals surface area contributed by atoms with Crippen LogP contribution < -0.4 is 5.32 Å². The standard InChI is InChI=1S/C19H27ClN6/c1-5-18-24-23-14-26(18)11-10-21-19(22-12-15(2)3)25(4)13-16-6-8-17(20)9-7-16/h6-9,14H,2,5,10-13H2,1,3-4H3,(H,21,22). The summed E-state index contributed by atoms with van der Waals surface area (Å²) in [5.74, 6) is 1.83. The first-order valence-electron chi connectivity index (χ1n) is 8.74. The Labute approximate surface area is 160 Å². The number of nitrogens with zero attached hydrogens (tertiary/aromatic N) is 5. The molecule has 2 aromatic rings. The van der Waals surface area contributed by atoms with Gasteiger partial charge in [0.05, 0.1) is 6.54 Å². The van der Waals surface area contributed by atoms with Crippen LogP contribution in [0.2, 0.25) is 5.02 Å². The Balaban J connectivity index is 1.99. The van der Waals surface area contributed by atoms with Gasteiger partial charge in [0.2, 0.25) is 0 Å². The van der Waals surface area contributed by atoms with E-state index in [-0.39, 0.29) is 0 Å². The van der Waals surface area contributed by atoms with Crippen molar-refractivity contribution in [3.8, 4) is 0 Å². The van der Waals surface area contributed by atoms with Crippen molar-refractivity contribution in [2.24, 2.45) is 4.99 Å². The van der Waals surface area contributed by atoms with E-state index in [1.165, 1.54) is 5.56 Å². The lowest BCUT2D eigenvalue weighted by Gasteiger charge is -2.23. The van der Waals surface area contributed by atoms with E-state index in [1.54, 1.807) is 6.33 Å². The van der Waals surface area contributed by atoms with Crippen LogP contribution in [0.25, 0.3) is 0 Å². The summed E-state index contributed by atoms with van der Waals surface area (Å²) in [5.41, 5.74) is 2.20. The molecule has 0 amide bonds. The van der Waals surface area contributed by atoms with Gasteiger partial charge in [-0.15, -0.1) is 10.2 Å². The lowest BCUT2D eigenvalue weighted by molar-refractivity contribution is 0.471. The molecule has 1 N–H and O–H groups in total. The van der Waals surface area contributed by atoms with E-state index in [4.69, 9.17) is 11.6 Å². The molecule has 0 spiro atoms. The molecule has 7 heteroatoms. The highest BCUT2D eigenvalue weighted by atomic mass is 35.5. The molecule has 1 aromatic carbocycles. The normalized spacial score (nSPS) is 11.5. The fourth-order valence-corrected chi connectivity index (χ4v) is 2.61. The number of aliphatic imine (C=N–C) groups is 1. The van der Waals surface area contributed by atoms with Crippen LogP contribution in [0.3, 0.4) is 0 Å². The van der Waals surface area contributed by atoms with Gasteiger partial charge in [0, 0.05) is 38.1 Å². The first-order chi connectivity index (χ1) is 12.5. The van der Waals surface area contributed by atoms with Gasteiger partial charge in [0.1, 0.15) is 12.2 Å². The van der Waals surface area contributed by atoms with Crippen molar-refractivity contribution in [3.63, 3.8) is 0 Å². The molecule has 6 nitrogen and oxygen atoms in total. The van der Waals surface area contributed by atoms with Gasteiger partial charge in [-0.05, 0) is 24.6 Å². The van der Waals surface area contributed by atoms with Crippen molar-refractivity contribution in [1.29, 1.82) is 0 Å². The molecule has 0 saturated heterocycles. The van der Waals surface area contributed by atoms with Crippen molar-refractivity contribution in [2.45, 2.75) is 33.4 Å². The van der Waals surface area contributed by atoms with Crippen LogP contribution >= 0.6 is 11.6 Å². The second-order valence-electron chi connectivity index (χ2n) is 6.30. The van der Waals surface area contributed by atoms with E-state index in [0.29, 0.717) is 6.54 Å². The predicted octanol–water partition coefficient (Wildman–Crippen LogP) is 3.15. The zero-order chi connectivity index (χ0) is 18.9. The minimum atomic E-state index is 0.597. The Bertz CT molecular complexity index is 735. The molecule has 1 heterocycles. The summed E-state index contributed by atoms with van der Waals surface area (Å²) in [4.78, 5) is 6.76. The summed E-state index contributed by atoms with van der Waals surface area (Å²) < 4.78 is 2.06. The Morgan fingerprint density at radius 1 is 1.35 bits per heavy atom. The van der Waals surface area contributed by atoms with Gasteiger partial charge in [0.15, 0.2) is 5.96 Å². The van der Waals surface area contributed by atoms with Gasteiger partial charge in [-0.1, -0.05) is 42.8 Å². The molecule has 26 heavy (non-hydrogen) atoms. The monoisotopic (exact) mass is 374 g/mol. The maximum absolute atomic E-state index is 5.97. The number of nitrogens with one attached hydrogen (secondary N) is 1. The molecule has 0 unspecified atom stereocenters. The van der Waals surface area contributed by atoms with Gasteiger partial charge >= 0.3 is 0 Å². The number of aryl methyl sites for hydroxylation is 1. The highest BCUT2D eigenvalue weighted by molar-refractivity contribution is 6.30. The number of guanidine groups is 1. The van der Waals surface area contributed by atoms with Crippen molar-refractivity contribution < 1.29 is 0 Å². The van der Waals surface area contributed by atoms with Crippen LogP contribution in [0.4, 0.5) is 0 Å². The lowest BCUT2D eigenvalue weighted by atomic mass is 10.2. The van der Waals surface area contributed by atoms with Crippen LogP contribution in [0, 0.1) is 0 Å². The SMILES string of the molecule is C=C(C)CN=C(NCCn1cnnc1CC)N(C)Cc1ccc(Cl)cc1. The molecule has 2 rings (SSSR count). The summed E-state index contributed by atoms with van der Waals surface area (Å²) in [6.07, 6.45) is 2.63. The van der Waals surface area contributed by atoms with E-state index >= 15 is 0 Å². The van der Waals surface area contributed by atoms with Crippen LogP contribution in [-0.2, 0) is 19.5 Å². The molecule has 0 aliphatic rings. The number of hydrogen-bond acceptors (Lipinski definition) is 3.